The average Bonchev–Trinajstić information content (AvgIpc) is 2.94. The summed E-state index contributed by atoms with van der Waals surface area (Å²) in [4.78, 5) is 2.85. The van der Waals surface area contributed by atoms with Gasteiger partial charge in [0, 0.05) is 18.3 Å². The minimum absolute atomic E-state index is 0.411. The molecule has 2 N–H and O–H groups in total. The summed E-state index contributed by atoms with van der Waals surface area (Å²) in [5.74, 6) is 0. The van der Waals surface area contributed by atoms with Gasteiger partial charge in [-0.25, -0.2) is 0 Å². The molecule has 0 unspecified atom stereocenters. The lowest BCUT2D eigenvalue weighted by atomic mass is 9.71. The highest BCUT2D eigenvalue weighted by molar-refractivity contribution is 5.33. The first-order valence-electron chi connectivity index (χ1n) is 7.43. The summed E-state index contributed by atoms with van der Waals surface area (Å²) in [5, 5.41) is 12.2. The summed E-state index contributed by atoms with van der Waals surface area (Å²) in [6.07, 6.45) is 0.0147. The molecule has 0 radical (unpaired) electrons. The minimum atomic E-state index is -4.33. The van der Waals surface area contributed by atoms with E-state index >= 15 is 0 Å². The zero-order valence-electron chi connectivity index (χ0n) is 12.4. The zero-order valence-corrected chi connectivity index (χ0v) is 12.4. The Hall–Kier alpha value is -2.26. The Kier molecular flexibility index (Phi) is 3.90. The lowest BCUT2D eigenvalue weighted by molar-refractivity contribution is -0.137. The number of hydrogen-bond acceptors (Lipinski definition) is 2. The molecule has 0 amide bonds. The number of benzene rings is 1. The van der Waals surface area contributed by atoms with E-state index in [1.165, 1.54) is 12.1 Å². The van der Waals surface area contributed by atoms with Gasteiger partial charge in [-0.1, -0.05) is 12.1 Å². The fourth-order valence-electron chi connectivity index (χ4n) is 2.97. The lowest BCUT2D eigenvalue weighted by Crippen LogP contribution is -2.47. The Labute approximate surface area is 132 Å². The van der Waals surface area contributed by atoms with Crippen LogP contribution in [0.3, 0.4) is 0 Å². The molecule has 120 valence electrons. The van der Waals surface area contributed by atoms with E-state index in [0.717, 1.165) is 30.9 Å². The highest BCUT2D eigenvalue weighted by Gasteiger charge is 2.40. The van der Waals surface area contributed by atoms with Crippen molar-refractivity contribution in [1.82, 2.24) is 10.3 Å². The number of rotatable bonds is 4. The predicted molar refractivity (Wildman–Crippen MR) is 79.3 cm³/mol. The molecule has 1 heterocycles. The van der Waals surface area contributed by atoms with Crippen molar-refractivity contribution in [2.75, 3.05) is 0 Å². The van der Waals surface area contributed by atoms with Gasteiger partial charge in [-0.3, -0.25) is 0 Å². The van der Waals surface area contributed by atoms with Crippen molar-refractivity contribution in [3.8, 4) is 6.07 Å². The molecule has 1 aliphatic carbocycles. The fraction of sp³-hybridized carbons (Fsp3) is 0.353. The van der Waals surface area contributed by atoms with Crippen LogP contribution in [-0.2, 0) is 18.3 Å². The van der Waals surface area contributed by atoms with Gasteiger partial charge in [0.15, 0.2) is 0 Å². The fourth-order valence-corrected chi connectivity index (χ4v) is 2.97. The van der Waals surface area contributed by atoms with Gasteiger partial charge >= 0.3 is 6.18 Å². The third-order valence-corrected chi connectivity index (χ3v) is 4.44. The number of nitrogens with one attached hydrogen (secondary N) is 2. The molecule has 6 heteroatoms. The largest absolute Gasteiger partial charge is 0.416 e. The van der Waals surface area contributed by atoms with Crippen molar-refractivity contribution in [3.05, 3.63) is 58.9 Å². The van der Waals surface area contributed by atoms with E-state index in [9.17, 15) is 13.2 Å². The Morgan fingerprint density at radius 3 is 2.61 bits per heavy atom. The molecule has 3 rings (SSSR count). The second kappa shape index (κ2) is 5.74. The number of alkyl halides is 3. The molecule has 3 nitrogen and oxygen atoms in total. The second-order valence-electron chi connectivity index (χ2n) is 5.90. The Morgan fingerprint density at radius 1 is 1.26 bits per heavy atom. The number of H-pyrrole nitrogens is 1. The van der Waals surface area contributed by atoms with Crippen LogP contribution in [0.5, 0.6) is 0 Å². The molecule has 1 aliphatic rings. The molecule has 1 fully saturated rings. The van der Waals surface area contributed by atoms with Crippen molar-refractivity contribution in [3.63, 3.8) is 0 Å². The zero-order chi connectivity index (χ0) is 16.5. The van der Waals surface area contributed by atoms with Crippen LogP contribution in [0.25, 0.3) is 0 Å². The molecule has 0 bridgehead atoms. The first-order valence-corrected chi connectivity index (χ1v) is 7.43. The van der Waals surface area contributed by atoms with Crippen LogP contribution in [0.4, 0.5) is 13.2 Å². The van der Waals surface area contributed by atoms with Gasteiger partial charge in [-0.2, -0.15) is 18.4 Å². The van der Waals surface area contributed by atoms with Gasteiger partial charge in [0.2, 0.25) is 0 Å². The van der Waals surface area contributed by atoms with Gasteiger partial charge in [-0.05, 0) is 48.6 Å². The second-order valence-corrected chi connectivity index (χ2v) is 5.90. The molecular formula is C17H16F3N3. The summed E-state index contributed by atoms with van der Waals surface area (Å²) < 4.78 is 38.7. The van der Waals surface area contributed by atoms with Crippen LogP contribution in [0, 0.1) is 11.3 Å². The molecule has 1 aromatic carbocycles. The first-order chi connectivity index (χ1) is 10.9. The summed E-state index contributed by atoms with van der Waals surface area (Å²) >= 11 is 0. The summed E-state index contributed by atoms with van der Waals surface area (Å²) in [6.45, 7) is 0.508. The van der Waals surface area contributed by atoms with Crippen LogP contribution in [0.2, 0.25) is 0 Å². The predicted octanol–water partition coefficient (Wildman–Crippen LogP) is 4.07. The van der Waals surface area contributed by atoms with Crippen molar-refractivity contribution >= 4 is 0 Å². The van der Waals surface area contributed by atoms with E-state index < -0.39 is 17.3 Å². The number of halogens is 3. The van der Waals surface area contributed by atoms with Gasteiger partial charge in [-0.15, -0.1) is 0 Å². The van der Waals surface area contributed by atoms with Crippen LogP contribution in [-0.4, -0.2) is 4.98 Å². The van der Waals surface area contributed by atoms with E-state index in [0.29, 0.717) is 17.8 Å². The number of nitrogens with zero attached hydrogens (tertiary/aromatic N) is 1. The van der Waals surface area contributed by atoms with E-state index in [1.54, 1.807) is 18.3 Å². The van der Waals surface area contributed by atoms with Gasteiger partial charge in [0.25, 0.3) is 0 Å². The molecule has 0 spiro atoms. The maximum atomic E-state index is 12.9. The maximum absolute atomic E-state index is 12.9. The molecule has 0 atom stereocenters. The highest BCUT2D eigenvalue weighted by atomic mass is 19.4. The smallest absolute Gasteiger partial charge is 0.353 e. The molecule has 0 aliphatic heterocycles. The topological polar surface area (TPSA) is 51.6 Å². The van der Waals surface area contributed by atoms with Gasteiger partial charge in [0.05, 0.1) is 5.56 Å². The van der Waals surface area contributed by atoms with Gasteiger partial charge < -0.3 is 10.3 Å². The number of aromatic amines is 1. The van der Waals surface area contributed by atoms with E-state index in [4.69, 9.17) is 5.26 Å². The number of hydrogen-bond donors (Lipinski definition) is 2. The Morgan fingerprint density at radius 2 is 2.04 bits per heavy atom. The molecule has 1 aromatic heterocycles. The average molecular weight is 319 g/mol. The normalized spacial score (nSPS) is 16.6. The van der Waals surface area contributed by atoms with Gasteiger partial charge in [0.1, 0.15) is 11.8 Å². The van der Waals surface area contributed by atoms with Crippen molar-refractivity contribution in [2.45, 2.75) is 37.5 Å². The summed E-state index contributed by atoms with van der Waals surface area (Å²) in [5.41, 5.74) is 1.04. The standard InChI is InChI=1S/C17H16F3N3/c18-17(19,20)14-4-1-3-13(8-14)16(5-2-6-16)23-11-12-7-15(9-21)22-10-12/h1,3-4,7-8,10,22-23H,2,5-6,11H2. The monoisotopic (exact) mass is 319 g/mol. The first kappa shape index (κ1) is 15.6. The molecule has 23 heavy (non-hydrogen) atoms. The van der Waals surface area contributed by atoms with Crippen LogP contribution in [0.15, 0.2) is 36.5 Å². The third-order valence-electron chi connectivity index (χ3n) is 4.44. The molecule has 1 saturated carbocycles. The summed E-state index contributed by atoms with van der Waals surface area (Å²) in [7, 11) is 0. The van der Waals surface area contributed by atoms with Crippen molar-refractivity contribution < 1.29 is 13.2 Å². The van der Waals surface area contributed by atoms with Crippen LogP contribution in [0.1, 0.15) is 41.6 Å². The van der Waals surface area contributed by atoms with Crippen molar-refractivity contribution in [1.29, 1.82) is 5.26 Å². The van der Waals surface area contributed by atoms with Crippen LogP contribution >= 0.6 is 0 Å². The quantitative estimate of drug-likeness (QED) is 0.892. The lowest BCUT2D eigenvalue weighted by Gasteiger charge is -2.43. The molecule has 0 saturated heterocycles. The van der Waals surface area contributed by atoms with E-state index in [2.05, 4.69) is 10.3 Å². The SMILES string of the molecule is N#Cc1cc(CNC2(c3cccc(C(F)(F)F)c3)CCC2)c[nH]1. The van der Waals surface area contributed by atoms with Crippen molar-refractivity contribution in [2.24, 2.45) is 0 Å². The van der Waals surface area contributed by atoms with E-state index in [1.807, 2.05) is 6.07 Å². The minimum Gasteiger partial charge on any atom is -0.353 e. The number of aromatic nitrogens is 1. The van der Waals surface area contributed by atoms with E-state index in [-0.39, 0.29) is 0 Å². The Bertz CT molecular complexity index is 736. The maximum Gasteiger partial charge on any atom is 0.416 e. The number of nitriles is 1. The summed E-state index contributed by atoms with van der Waals surface area (Å²) in [6, 6.07) is 9.31. The molecular weight excluding hydrogens is 303 g/mol. The third kappa shape index (κ3) is 3.10. The Balaban J connectivity index is 1.79. The highest BCUT2D eigenvalue weighted by Crippen LogP contribution is 2.43. The van der Waals surface area contributed by atoms with Crippen LogP contribution < -0.4 is 5.32 Å². The molecule has 2 aromatic rings.